The summed E-state index contributed by atoms with van der Waals surface area (Å²) in [5.74, 6) is -0.0748. The van der Waals surface area contributed by atoms with E-state index < -0.39 is 0 Å². The highest BCUT2D eigenvalue weighted by Crippen LogP contribution is 2.16. The van der Waals surface area contributed by atoms with Gasteiger partial charge in [-0.3, -0.25) is 0 Å². The van der Waals surface area contributed by atoms with Crippen molar-refractivity contribution in [1.29, 1.82) is 0 Å². The molecular weight excluding hydrogens is 215 g/mol. The molecule has 1 heterocycles. The quantitative estimate of drug-likeness (QED) is 0.862. The second kappa shape index (κ2) is 5.61. The van der Waals surface area contributed by atoms with Crippen LogP contribution in [0.15, 0.2) is 18.2 Å². The standard InChI is InChI=1S/C14H21FN2/c1-17(2)10-12-6-5-11(9-14(12)15)8-13-4-3-7-16-13/h5-6,9,13,16H,3-4,7-8,10H2,1-2H3. The van der Waals surface area contributed by atoms with Crippen LogP contribution in [0.25, 0.3) is 0 Å². The molecule has 2 nitrogen and oxygen atoms in total. The Morgan fingerprint density at radius 3 is 2.82 bits per heavy atom. The van der Waals surface area contributed by atoms with Crippen LogP contribution in [0.1, 0.15) is 24.0 Å². The first-order valence-electron chi connectivity index (χ1n) is 6.30. The minimum atomic E-state index is -0.0748. The fourth-order valence-corrected chi connectivity index (χ4v) is 2.40. The summed E-state index contributed by atoms with van der Waals surface area (Å²) in [4.78, 5) is 1.98. The van der Waals surface area contributed by atoms with E-state index in [1.54, 1.807) is 6.07 Å². The van der Waals surface area contributed by atoms with E-state index in [0.717, 1.165) is 24.1 Å². The molecule has 1 aromatic rings. The van der Waals surface area contributed by atoms with Gasteiger partial charge in [0, 0.05) is 18.2 Å². The molecule has 0 aromatic heterocycles. The average molecular weight is 236 g/mol. The number of halogens is 1. The van der Waals surface area contributed by atoms with Gasteiger partial charge in [0.2, 0.25) is 0 Å². The van der Waals surface area contributed by atoms with Crippen LogP contribution >= 0.6 is 0 Å². The van der Waals surface area contributed by atoms with Crippen LogP contribution in [0.5, 0.6) is 0 Å². The molecule has 1 N–H and O–H groups in total. The zero-order valence-corrected chi connectivity index (χ0v) is 10.7. The zero-order chi connectivity index (χ0) is 12.3. The van der Waals surface area contributed by atoms with E-state index in [1.165, 1.54) is 12.8 Å². The summed E-state index contributed by atoms with van der Waals surface area (Å²) in [6, 6.07) is 6.20. The molecule has 0 saturated carbocycles. The Bertz CT molecular complexity index is 370. The van der Waals surface area contributed by atoms with Crippen molar-refractivity contribution in [3.63, 3.8) is 0 Å². The highest BCUT2D eigenvalue weighted by Gasteiger charge is 2.15. The van der Waals surface area contributed by atoms with Crippen molar-refractivity contribution >= 4 is 0 Å². The Labute approximate surface area is 103 Å². The van der Waals surface area contributed by atoms with Crippen LogP contribution < -0.4 is 5.32 Å². The van der Waals surface area contributed by atoms with Crippen molar-refractivity contribution in [2.45, 2.75) is 31.8 Å². The van der Waals surface area contributed by atoms with E-state index in [4.69, 9.17) is 0 Å². The molecular formula is C14H21FN2. The number of hydrogen-bond acceptors (Lipinski definition) is 2. The summed E-state index contributed by atoms with van der Waals surface area (Å²) < 4.78 is 13.8. The predicted octanol–water partition coefficient (Wildman–Crippen LogP) is 2.18. The normalized spacial score (nSPS) is 20.1. The minimum Gasteiger partial charge on any atom is -0.314 e. The lowest BCUT2D eigenvalue weighted by Gasteiger charge is -2.13. The summed E-state index contributed by atoms with van der Waals surface area (Å²) in [6.07, 6.45) is 3.39. The Morgan fingerprint density at radius 1 is 1.41 bits per heavy atom. The van der Waals surface area contributed by atoms with Crippen molar-refractivity contribution in [2.24, 2.45) is 0 Å². The number of nitrogens with one attached hydrogen (secondary N) is 1. The molecule has 1 unspecified atom stereocenters. The number of rotatable bonds is 4. The molecule has 0 aliphatic carbocycles. The van der Waals surface area contributed by atoms with Crippen LogP contribution in [0.3, 0.4) is 0 Å². The molecule has 17 heavy (non-hydrogen) atoms. The van der Waals surface area contributed by atoms with Gasteiger partial charge in [-0.15, -0.1) is 0 Å². The molecule has 0 spiro atoms. The molecule has 1 saturated heterocycles. The van der Waals surface area contributed by atoms with Crippen LogP contribution in [0, 0.1) is 5.82 Å². The molecule has 0 bridgehead atoms. The topological polar surface area (TPSA) is 15.3 Å². The largest absolute Gasteiger partial charge is 0.314 e. The Morgan fingerprint density at radius 2 is 2.24 bits per heavy atom. The molecule has 94 valence electrons. The zero-order valence-electron chi connectivity index (χ0n) is 10.7. The fraction of sp³-hybridized carbons (Fsp3) is 0.571. The molecule has 0 radical (unpaired) electrons. The molecule has 1 atom stereocenters. The van der Waals surface area contributed by atoms with Gasteiger partial charge in [0.25, 0.3) is 0 Å². The van der Waals surface area contributed by atoms with Gasteiger partial charge in [-0.2, -0.15) is 0 Å². The first-order valence-corrected chi connectivity index (χ1v) is 6.30. The van der Waals surface area contributed by atoms with Crippen LogP contribution in [-0.2, 0) is 13.0 Å². The van der Waals surface area contributed by atoms with E-state index in [2.05, 4.69) is 11.4 Å². The van der Waals surface area contributed by atoms with Crippen LogP contribution in [-0.4, -0.2) is 31.6 Å². The Balaban J connectivity index is 2.02. The molecule has 2 rings (SSSR count). The van der Waals surface area contributed by atoms with E-state index >= 15 is 0 Å². The number of nitrogens with zero attached hydrogens (tertiary/aromatic N) is 1. The fourth-order valence-electron chi connectivity index (χ4n) is 2.40. The lowest BCUT2D eigenvalue weighted by molar-refractivity contribution is 0.392. The first kappa shape index (κ1) is 12.5. The van der Waals surface area contributed by atoms with Crippen molar-refractivity contribution < 1.29 is 4.39 Å². The first-order chi connectivity index (χ1) is 8.15. The molecule has 1 aliphatic heterocycles. The van der Waals surface area contributed by atoms with Gasteiger partial charge >= 0.3 is 0 Å². The van der Waals surface area contributed by atoms with E-state index in [0.29, 0.717) is 12.6 Å². The van der Waals surface area contributed by atoms with E-state index in [1.807, 2.05) is 25.1 Å². The summed E-state index contributed by atoms with van der Waals surface area (Å²) in [5.41, 5.74) is 1.88. The highest BCUT2D eigenvalue weighted by molar-refractivity contribution is 5.25. The van der Waals surface area contributed by atoms with E-state index in [9.17, 15) is 4.39 Å². The number of hydrogen-bond donors (Lipinski definition) is 1. The third kappa shape index (κ3) is 3.51. The van der Waals surface area contributed by atoms with Crippen molar-refractivity contribution in [3.8, 4) is 0 Å². The van der Waals surface area contributed by atoms with Gasteiger partial charge in [0.05, 0.1) is 0 Å². The van der Waals surface area contributed by atoms with Gasteiger partial charge < -0.3 is 10.2 Å². The van der Waals surface area contributed by atoms with Gasteiger partial charge in [-0.05, 0) is 51.5 Å². The Kier molecular flexibility index (Phi) is 4.13. The summed E-state index contributed by atoms with van der Waals surface area (Å²) in [7, 11) is 3.91. The van der Waals surface area contributed by atoms with Gasteiger partial charge in [0.15, 0.2) is 0 Å². The summed E-state index contributed by atoms with van der Waals surface area (Å²) >= 11 is 0. The summed E-state index contributed by atoms with van der Waals surface area (Å²) in [6.45, 7) is 1.76. The molecule has 0 amide bonds. The van der Waals surface area contributed by atoms with Gasteiger partial charge in [0.1, 0.15) is 5.82 Å². The maximum absolute atomic E-state index is 13.8. The molecule has 3 heteroatoms. The maximum Gasteiger partial charge on any atom is 0.127 e. The minimum absolute atomic E-state index is 0.0748. The highest BCUT2D eigenvalue weighted by atomic mass is 19.1. The van der Waals surface area contributed by atoms with Crippen molar-refractivity contribution in [2.75, 3.05) is 20.6 Å². The smallest absolute Gasteiger partial charge is 0.127 e. The SMILES string of the molecule is CN(C)Cc1ccc(CC2CCCN2)cc1F. The number of benzene rings is 1. The van der Waals surface area contributed by atoms with E-state index in [-0.39, 0.29) is 5.82 Å². The van der Waals surface area contributed by atoms with Crippen LogP contribution in [0.4, 0.5) is 4.39 Å². The molecule has 1 aliphatic rings. The van der Waals surface area contributed by atoms with Crippen LogP contribution in [0.2, 0.25) is 0 Å². The third-order valence-corrected chi connectivity index (χ3v) is 3.25. The lowest BCUT2D eigenvalue weighted by atomic mass is 10.0. The van der Waals surface area contributed by atoms with Gasteiger partial charge in [-0.25, -0.2) is 4.39 Å². The molecule has 1 aromatic carbocycles. The summed E-state index contributed by atoms with van der Waals surface area (Å²) in [5, 5.41) is 3.44. The second-order valence-electron chi connectivity index (χ2n) is 5.16. The Hall–Kier alpha value is -0.930. The second-order valence-corrected chi connectivity index (χ2v) is 5.16. The monoisotopic (exact) mass is 236 g/mol. The van der Waals surface area contributed by atoms with Gasteiger partial charge in [-0.1, -0.05) is 12.1 Å². The van der Waals surface area contributed by atoms with Crippen molar-refractivity contribution in [1.82, 2.24) is 10.2 Å². The maximum atomic E-state index is 13.8. The predicted molar refractivity (Wildman–Crippen MR) is 68.5 cm³/mol. The third-order valence-electron chi connectivity index (χ3n) is 3.25. The lowest BCUT2D eigenvalue weighted by Crippen LogP contribution is -2.23. The molecule has 1 fully saturated rings. The van der Waals surface area contributed by atoms with Crippen molar-refractivity contribution in [3.05, 3.63) is 35.1 Å². The average Bonchev–Trinajstić information content (AvgIpc) is 2.74.